The highest BCUT2D eigenvalue weighted by Crippen LogP contribution is 2.52. The van der Waals surface area contributed by atoms with Gasteiger partial charge >= 0.3 is 5.97 Å². The van der Waals surface area contributed by atoms with Crippen molar-refractivity contribution < 1.29 is 19.7 Å². The van der Waals surface area contributed by atoms with Crippen molar-refractivity contribution in [2.24, 2.45) is 23.7 Å². The third kappa shape index (κ3) is 2.32. The lowest BCUT2D eigenvalue weighted by Crippen LogP contribution is -2.53. The Labute approximate surface area is 123 Å². The molecule has 5 heteroatoms. The van der Waals surface area contributed by atoms with E-state index in [1.54, 1.807) is 0 Å². The van der Waals surface area contributed by atoms with Crippen molar-refractivity contribution >= 4 is 11.7 Å². The van der Waals surface area contributed by atoms with E-state index in [9.17, 15) is 15.0 Å². The van der Waals surface area contributed by atoms with E-state index in [1.165, 1.54) is 7.11 Å². The molecule has 0 amide bonds. The average molecular weight is 289 g/mol. The smallest absolute Gasteiger partial charge is 0.307 e. The lowest BCUT2D eigenvalue weighted by atomic mass is 9.80. The molecule has 2 aliphatic carbocycles. The number of fused-ring (bicyclic) bond motifs is 2. The summed E-state index contributed by atoms with van der Waals surface area (Å²) in [6.07, 6.45) is 4.69. The van der Waals surface area contributed by atoms with Crippen LogP contribution in [0.3, 0.4) is 0 Å². The van der Waals surface area contributed by atoms with E-state index in [-0.39, 0.29) is 11.8 Å². The summed E-state index contributed by atoms with van der Waals surface area (Å²) in [6.45, 7) is 0. The number of carboxylic acid groups (broad SMARTS) is 1. The number of benzene rings is 1. The predicted molar refractivity (Wildman–Crippen MR) is 77.4 cm³/mol. The molecule has 5 atom stereocenters. The van der Waals surface area contributed by atoms with E-state index < -0.39 is 23.7 Å². The predicted octanol–water partition coefficient (Wildman–Crippen LogP) is 1.91. The summed E-state index contributed by atoms with van der Waals surface area (Å²) in [5, 5.41) is 23.3. The zero-order valence-corrected chi connectivity index (χ0v) is 11.8. The number of anilines is 1. The number of methoxy groups -OCH3 is 1. The lowest BCUT2D eigenvalue weighted by molar-refractivity contribution is -0.217. The number of hydrogen-bond donors (Lipinski definition) is 3. The molecular formula is C16H19NO4. The molecule has 0 aromatic heterocycles. The first kappa shape index (κ1) is 14.1. The minimum Gasteiger partial charge on any atom is -0.481 e. The molecule has 2 bridgehead atoms. The second-order valence-electron chi connectivity index (χ2n) is 5.73. The molecule has 2 aliphatic rings. The molecule has 21 heavy (non-hydrogen) atoms. The van der Waals surface area contributed by atoms with Gasteiger partial charge < -0.3 is 20.3 Å². The van der Waals surface area contributed by atoms with Crippen LogP contribution in [0, 0.1) is 23.7 Å². The van der Waals surface area contributed by atoms with Crippen molar-refractivity contribution in [2.75, 3.05) is 12.4 Å². The highest BCUT2D eigenvalue weighted by Gasteiger charge is 2.57. The fourth-order valence-corrected chi connectivity index (χ4v) is 3.69. The van der Waals surface area contributed by atoms with Gasteiger partial charge in [-0.25, -0.2) is 0 Å². The Morgan fingerprint density at radius 3 is 2.57 bits per heavy atom. The van der Waals surface area contributed by atoms with Crippen LogP contribution in [0.1, 0.15) is 6.42 Å². The summed E-state index contributed by atoms with van der Waals surface area (Å²) in [7, 11) is 1.39. The largest absolute Gasteiger partial charge is 0.481 e. The SMILES string of the molecule is CO[C@](O)(Nc1ccccc1)[C@@H]1[C@H](C(=O)O)[C@H]2C=C[C@H]1C2. The van der Waals surface area contributed by atoms with E-state index >= 15 is 0 Å². The van der Waals surface area contributed by atoms with Crippen molar-refractivity contribution in [1.82, 2.24) is 0 Å². The number of carbonyl (C=O) groups is 1. The quantitative estimate of drug-likeness (QED) is 0.570. The van der Waals surface area contributed by atoms with Gasteiger partial charge in [0, 0.05) is 12.8 Å². The van der Waals surface area contributed by atoms with Crippen molar-refractivity contribution in [3.05, 3.63) is 42.5 Å². The van der Waals surface area contributed by atoms with Crippen LogP contribution < -0.4 is 5.32 Å². The van der Waals surface area contributed by atoms with Gasteiger partial charge in [0.05, 0.1) is 11.8 Å². The van der Waals surface area contributed by atoms with Crippen molar-refractivity contribution in [2.45, 2.75) is 12.3 Å². The van der Waals surface area contributed by atoms with Crippen LogP contribution in [-0.4, -0.2) is 29.2 Å². The third-order valence-electron chi connectivity index (χ3n) is 4.60. The first-order chi connectivity index (χ1) is 10.0. The Morgan fingerprint density at radius 1 is 1.29 bits per heavy atom. The lowest BCUT2D eigenvalue weighted by Gasteiger charge is -2.39. The van der Waals surface area contributed by atoms with Gasteiger partial charge in [-0.1, -0.05) is 30.4 Å². The highest BCUT2D eigenvalue weighted by molar-refractivity contribution is 5.72. The normalized spacial score (nSPS) is 32.9. The van der Waals surface area contributed by atoms with Crippen LogP contribution in [0.5, 0.6) is 0 Å². The number of hydrogen-bond acceptors (Lipinski definition) is 4. The summed E-state index contributed by atoms with van der Waals surface area (Å²) in [5.74, 6) is -3.76. The molecular weight excluding hydrogens is 270 g/mol. The second kappa shape index (κ2) is 5.16. The molecule has 0 unspecified atom stereocenters. The minimum absolute atomic E-state index is 0.0114. The summed E-state index contributed by atoms with van der Waals surface area (Å²) < 4.78 is 5.31. The average Bonchev–Trinajstić information content (AvgIpc) is 3.09. The highest BCUT2D eigenvalue weighted by atomic mass is 16.6. The van der Waals surface area contributed by atoms with Crippen molar-refractivity contribution in [3.63, 3.8) is 0 Å². The maximum atomic E-state index is 11.6. The standard InChI is InChI=1S/C16H19NO4/c1-21-16(20,17-12-5-3-2-4-6-12)14-11-8-7-10(9-11)13(14)15(18)19/h2-8,10-11,13-14,17,20H,9H2,1H3,(H,18,19)/t10-,11-,13+,14-,16-/m0/s1. The van der Waals surface area contributed by atoms with Gasteiger partial charge in [0.25, 0.3) is 5.91 Å². The molecule has 1 saturated carbocycles. The minimum atomic E-state index is -1.70. The van der Waals surface area contributed by atoms with Crippen molar-refractivity contribution in [1.29, 1.82) is 0 Å². The number of aliphatic hydroxyl groups is 1. The molecule has 0 radical (unpaired) electrons. The van der Waals surface area contributed by atoms with E-state index in [1.807, 2.05) is 42.5 Å². The molecule has 0 spiro atoms. The van der Waals surface area contributed by atoms with Crippen LogP contribution in [0.15, 0.2) is 42.5 Å². The number of rotatable bonds is 5. The fourth-order valence-electron chi connectivity index (χ4n) is 3.69. The van der Waals surface area contributed by atoms with Gasteiger partial charge in [0.1, 0.15) is 0 Å². The van der Waals surface area contributed by atoms with Gasteiger partial charge in [-0.3, -0.25) is 4.79 Å². The maximum Gasteiger partial charge on any atom is 0.307 e. The topological polar surface area (TPSA) is 78.8 Å². The van der Waals surface area contributed by atoms with Gasteiger partial charge in [0.2, 0.25) is 0 Å². The summed E-state index contributed by atoms with van der Waals surface area (Å²) in [6, 6.07) is 9.17. The van der Waals surface area contributed by atoms with Crippen molar-refractivity contribution in [3.8, 4) is 0 Å². The van der Waals surface area contributed by atoms with Gasteiger partial charge in [0.15, 0.2) is 0 Å². The van der Waals surface area contributed by atoms with Gasteiger partial charge in [-0.2, -0.15) is 0 Å². The summed E-state index contributed by atoms with van der Waals surface area (Å²) >= 11 is 0. The molecule has 3 N–H and O–H groups in total. The van der Waals surface area contributed by atoms with Gasteiger partial charge in [-0.15, -0.1) is 0 Å². The number of para-hydroxylation sites is 1. The first-order valence-electron chi connectivity index (χ1n) is 7.07. The van der Waals surface area contributed by atoms with E-state index in [0.29, 0.717) is 5.69 Å². The van der Waals surface area contributed by atoms with Crippen LogP contribution in [0.2, 0.25) is 0 Å². The third-order valence-corrected chi connectivity index (χ3v) is 4.60. The molecule has 0 aliphatic heterocycles. The van der Waals surface area contributed by atoms with E-state index in [4.69, 9.17) is 4.74 Å². The fraction of sp³-hybridized carbons (Fsp3) is 0.438. The van der Waals surface area contributed by atoms with E-state index in [2.05, 4.69) is 5.32 Å². The summed E-state index contributed by atoms with van der Waals surface area (Å²) in [4.78, 5) is 11.6. The molecule has 1 aromatic rings. The molecule has 1 aromatic carbocycles. The molecule has 1 fully saturated rings. The Bertz CT molecular complexity index is 559. The van der Waals surface area contributed by atoms with Crippen LogP contribution in [-0.2, 0) is 9.53 Å². The van der Waals surface area contributed by atoms with E-state index in [0.717, 1.165) is 6.42 Å². The Balaban J connectivity index is 1.91. The number of aliphatic carboxylic acids is 1. The van der Waals surface area contributed by atoms with Crippen LogP contribution in [0.4, 0.5) is 5.69 Å². The Hall–Kier alpha value is -1.85. The molecule has 3 rings (SSSR count). The van der Waals surface area contributed by atoms with Crippen LogP contribution in [0.25, 0.3) is 0 Å². The van der Waals surface area contributed by atoms with Crippen LogP contribution >= 0.6 is 0 Å². The number of allylic oxidation sites excluding steroid dienone is 2. The molecule has 112 valence electrons. The zero-order chi connectivity index (χ0) is 15.0. The number of nitrogens with one attached hydrogen (secondary N) is 1. The maximum absolute atomic E-state index is 11.6. The number of carboxylic acids is 1. The Kier molecular flexibility index (Phi) is 3.47. The second-order valence-corrected chi connectivity index (χ2v) is 5.73. The zero-order valence-electron chi connectivity index (χ0n) is 11.8. The summed E-state index contributed by atoms with van der Waals surface area (Å²) in [5.41, 5.74) is 0.692. The number of ether oxygens (including phenoxy) is 1. The van der Waals surface area contributed by atoms with Gasteiger partial charge in [-0.05, 0) is 30.4 Å². The molecule has 0 saturated heterocycles. The first-order valence-corrected chi connectivity index (χ1v) is 7.07. The molecule has 0 heterocycles. The monoisotopic (exact) mass is 289 g/mol. The Morgan fingerprint density at radius 2 is 1.95 bits per heavy atom. The molecule has 5 nitrogen and oxygen atoms in total.